The number of ether oxygens (including phenoxy) is 1. The summed E-state index contributed by atoms with van der Waals surface area (Å²) in [4.78, 5) is 13.8. The molecule has 0 aromatic carbocycles. The van der Waals surface area contributed by atoms with Gasteiger partial charge in [-0.15, -0.1) is 0 Å². The Hall–Kier alpha value is -0.380. The van der Waals surface area contributed by atoms with E-state index < -0.39 is 0 Å². The molecule has 0 unspecified atom stereocenters. The number of thiol groups is 1. The molecule has 0 radical (unpaired) electrons. The quantitative estimate of drug-likeness (QED) is 0.732. The summed E-state index contributed by atoms with van der Waals surface area (Å²) in [5, 5.41) is 0. The van der Waals surface area contributed by atoms with Crippen LogP contribution in [0.15, 0.2) is 0 Å². The first-order valence-corrected chi connectivity index (χ1v) is 7.06. The van der Waals surface area contributed by atoms with Crippen molar-refractivity contribution in [2.75, 3.05) is 18.8 Å². The van der Waals surface area contributed by atoms with E-state index in [1.54, 1.807) is 0 Å². The van der Waals surface area contributed by atoms with E-state index in [0.29, 0.717) is 5.41 Å². The summed E-state index contributed by atoms with van der Waals surface area (Å²) in [5.41, 5.74) is 0.00435. The molecule has 1 amide bonds. The molecule has 1 spiro atoms. The Morgan fingerprint density at radius 1 is 1.47 bits per heavy atom. The second-order valence-corrected chi connectivity index (χ2v) is 6.97. The van der Waals surface area contributed by atoms with E-state index in [1.807, 2.05) is 25.7 Å². The zero-order valence-corrected chi connectivity index (χ0v) is 11.9. The van der Waals surface area contributed by atoms with E-state index >= 15 is 0 Å². The van der Waals surface area contributed by atoms with Crippen LogP contribution in [0.5, 0.6) is 0 Å². The third kappa shape index (κ3) is 2.90. The second-order valence-electron chi connectivity index (χ2n) is 6.61. The molecular formula is C13H23NO2S. The summed E-state index contributed by atoms with van der Waals surface area (Å²) in [6.07, 6.45) is 3.45. The maximum Gasteiger partial charge on any atom is 0.410 e. The van der Waals surface area contributed by atoms with Crippen LogP contribution >= 0.6 is 12.6 Å². The normalized spacial score (nSPS) is 32.7. The Kier molecular flexibility index (Phi) is 3.36. The fraction of sp³-hybridized carbons (Fsp3) is 0.923. The van der Waals surface area contributed by atoms with E-state index in [1.165, 1.54) is 12.8 Å². The molecule has 17 heavy (non-hydrogen) atoms. The van der Waals surface area contributed by atoms with Crippen molar-refractivity contribution in [3.05, 3.63) is 0 Å². The van der Waals surface area contributed by atoms with Gasteiger partial charge in [0.1, 0.15) is 5.60 Å². The molecule has 1 saturated heterocycles. The van der Waals surface area contributed by atoms with Crippen molar-refractivity contribution in [3.63, 3.8) is 0 Å². The van der Waals surface area contributed by atoms with Gasteiger partial charge in [-0.1, -0.05) is 0 Å². The van der Waals surface area contributed by atoms with Gasteiger partial charge in [0.05, 0.1) is 0 Å². The topological polar surface area (TPSA) is 29.5 Å². The Morgan fingerprint density at radius 2 is 2.12 bits per heavy atom. The van der Waals surface area contributed by atoms with E-state index in [-0.39, 0.29) is 11.7 Å². The number of carbonyl (C=O) groups excluding carboxylic acids is 1. The molecule has 2 fully saturated rings. The smallest absolute Gasteiger partial charge is 0.410 e. The molecule has 98 valence electrons. The number of carbonyl (C=O) groups is 1. The second kappa shape index (κ2) is 4.38. The SMILES string of the molecule is CC(C)(C)OC(=O)N1CCC2(CC(CS)C2)C1. The highest BCUT2D eigenvalue weighted by atomic mass is 32.1. The maximum absolute atomic E-state index is 11.9. The Bertz CT molecular complexity index is 305. The van der Waals surface area contributed by atoms with Crippen molar-refractivity contribution in [3.8, 4) is 0 Å². The molecule has 0 bridgehead atoms. The fourth-order valence-electron chi connectivity index (χ4n) is 3.04. The van der Waals surface area contributed by atoms with Crippen LogP contribution in [0.4, 0.5) is 4.79 Å². The molecule has 1 heterocycles. The highest BCUT2D eigenvalue weighted by Gasteiger charge is 2.49. The van der Waals surface area contributed by atoms with Gasteiger partial charge < -0.3 is 9.64 Å². The van der Waals surface area contributed by atoms with Crippen molar-refractivity contribution in [1.29, 1.82) is 0 Å². The molecule has 4 heteroatoms. The van der Waals surface area contributed by atoms with Gasteiger partial charge in [-0.05, 0) is 57.1 Å². The molecule has 2 aliphatic rings. The van der Waals surface area contributed by atoms with Crippen LogP contribution in [-0.2, 0) is 4.74 Å². The van der Waals surface area contributed by atoms with E-state index in [4.69, 9.17) is 4.74 Å². The van der Waals surface area contributed by atoms with Gasteiger partial charge in [0.15, 0.2) is 0 Å². The van der Waals surface area contributed by atoms with Crippen LogP contribution in [0.3, 0.4) is 0 Å². The predicted octanol–water partition coefficient (Wildman–Crippen LogP) is 2.95. The summed E-state index contributed by atoms with van der Waals surface area (Å²) in [5.74, 6) is 1.74. The molecule has 0 atom stereocenters. The van der Waals surface area contributed by atoms with Crippen molar-refractivity contribution in [2.45, 2.75) is 45.6 Å². The highest BCUT2D eigenvalue weighted by molar-refractivity contribution is 7.80. The summed E-state index contributed by atoms with van der Waals surface area (Å²) in [6, 6.07) is 0. The number of amides is 1. The molecule has 1 aliphatic carbocycles. The van der Waals surface area contributed by atoms with Crippen LogP contribution < -0.4 is 0 Å². The van der Waals surface area contributed by atoms with Gasteiger partial charge >= 0.3 is 6.09 Å². The maximum atomic E-state index is 11.9. The number of likely N-dealkylation sites (tertiary alicyclic amines) is 1. The predicted molar refractivity (Wildman–Crippen MR) is 71.4 cm³/mol. The summed E-state index contributed by atoms with van der Waals surface area (Å²) < 4.78 is 5.41. The largest absolute Gasteiger partial charge is 0.444 e. The zero-order valence-electron chi connectivity index (χ0n) is 11.0. The van der Waals surface area contributed by atoms with Crippen molar-refractivity contribution >= 4 is 18.7 Å². The average molecular weight is 257 g/mol. The third-order valence-corrected chi connectivity index (χ3v) is 4.31. The third-order valence-electron chi connectivity index (χ3n) is 3.79. The van der Waals surface area contributed by atoms with E-state index in [0.717, 1.165) is 31.2 Å². The minimum Gasteiger partial charge on any atom is -0.444 e. The van der Waals surface area contributed by atoms with Crippen LogP contribution in [0.1, 0.15) is 40.0 Å². The lowest BCUT2D eigenvalue weighted by Crippen LogP contribution is -2.42. The monoisotopic (exact) mass is 257 g/mol. The molecule has 0 aromatic rings. The lowest BCUT2D eigenvalue weighted by molar-refractivity contribution is 0.0203. The minimum atomic E-state index is -0.389. The number of hydrogen-bond donors (Lipinski definition) is 1. The first-order valence-electron chi connectivity index (χ1n) is 6.42. The van der Waals surface area contributed by atoms with Crippen LogP contribution in [0.25, 0.3) is 0 Å². The standard InChI is InChI=1S/C13H23NO2S/c1-12(2,3)16-11(15)14-5-4-13(9-14)6-10(7-13)8-17/h10,17H,4-9H2,1-3H3. The Labute approximate surface area is 109 Å². The number of nitrogens with zero attached hydrogens (tertiary/aromatic N) is 1. The van der Waals surface area contributed by atoms with E-state index in [9.17, 15) is 4.79 Å². The van der Waals surface area contributed by atoms with Crippen molar-refractivity contribution < 1.29 is 9.53 Å². The fourth-order valence-corrected chi connectivity index (χ4v) is 3.30. The van der Waals surface area contributed by atoms with Gasteiger partial charge in [0.2, 0.25) is 0 Å². The van der Waals surface area contributed by atoms with Gasteiger partial charge in [-0.2, -0.15) is 12.6 Å². The van der Waals surface area contributed by atoms with Gasteiger partial charge in [-0.3, -0.25) is 0 Å². The Morgan fingerprint density at radius 3 is 2.65 bits per heavy atom. The summed E-state index contributed by atoms with van der Waals surface area (Å²) >= 11 is 4.34. The average Bonchev–Trinajstić information content (AvgIpc) is 2.56. The summed E-state index contributed by atoms with van der Waals surface area (Å²) in [7, 11) is 0. The van der Waals surface area contributed by atoms with Crippen molar-refractivity contribution in [1.82, 2.24) is 4.90 Å². The van der Waals surface area contributed by atoms with Crippen LogP contribution in [0.2, 0.25) is 0 Å². The summed E-state index contributed by atoms with van der Waals surface area (Å²) in [6.45, 7) is 7.48. The molecule has 0 N–H and O–H groups in total. The zero-order chi connectivity index (χ0) is 12.7. The molecule has 3 nitrogen and oxygen atoms in total. The van der Waals surface area contributed by atoms with Crippen LogP contribution in [0, 0.1) is 11.3 Å². The highest BCUT2D eigenvalue weighted by Crippen LogP contribution is 2.52. The van der Waals surface area contributed by atoms with Gasteiger partial charge in [0.25, 0.3) is 0 Å². The van der Waals surface area contributed by atoms with Crippen LogP contribution in [-0.4, -0.2) is 35.4 Å². The molecular weight excluding hydrogens is 234 g/mol. The lowest BCUT2D eigenvalue weighted by atomic mass is 9.62. The first-order chi connectivity index (χ1) is 7.84. The number of hydrogen-bond acceptors (Lipinski definition) is 3. The van der Waals surface area contributed by atoms with Gasteiger partial charge in [-0.25, -0.2) is 4.79 Å². The molecule has 2 rings (SSSR count). The minimum absolute atomic E-state index is 0.149. The van der Waals surface area contributed by atoms with Crippen molar-refractivity contribution in [2.24, 2.45) is 11.3 Å². The molecule has 0 aromatic heterocycles. The Balaban J connectivity index is 1.84. The lowest BCUT2D eigenvalue weighted by Gasteiger charge is -2.44. The molecule has 1 aliphatic heterocycles. The molecule has 1 saturated carbocycles. The van der Waals surface area contributed by atoms with E-state index in [2.05, 4.69) is 12.6 Å². The number of rotatable bonds is 1. The first kappa shape index (κ1) is 13.1. The van der Waals surface area contributed by atoms with Gasteiger partial charge in [0, 0.05) is 13.1 Å².